The van der Waals surface area contributed by atoms with E-state index in [0.717, 1.165) is 22.4 Å². The van der Waals surface area contributed by atoms with E-state index in [4.69, 9.17) is 0 Å². The molecular weight excluding hydrogens is 348 g/mol. The quantitative estimate of drug-likeness (QED) is 0.489. The molecule has 0 fully saturated rings. The summed E-state index contributed by atoms with van der Waals surface area (Å²) in [6, 6.07) is 11.6. The van der Waals surface area contributed by atoms with E-state index in [1.54, 1.807) is 18.6 Å². The summed E-state index contributed by atoms with van der Waals surface area (Å²) >= 11 is 1.32. The maximum absolute atomic E-state index is 12.3. The topological polar surface area (TPSA) is 95.6 Å². The van der Waals surface area contributed by atoms with Crippen LogP contribution in [0.15, 0.2) is 55.0 Å². The zero-order valence-corrected chi connectivity index (χ0v) is 14.6. The normalized spacial score (nSPS) is 10.8. The van der Waals surface area contributed by atoms with Crippen molar-refractivity contribution in [1.82, 2.24) is 25.3 Å². The molecule has 130 valence electrons. The molecule has 1 aromatic carbocycles. The van der Waals surface area contributed by atoms with Crippen LogP contribution in [0.25, 0.3) is 11.0 Å². The molecular formula is C18H16N6OS. The van der Waals surface area contributed by atoms with Gasteiger partial charge in [0.2, 0.25) is 0 Å². The molecule has 0 aliphatic rings. The number of anilines is 1. The molecule has 0 radical (unpaired) electrons. The van der Waals surface area contributed by atoms with Gasteiger partial charge in [0.15, 0.2) is 5.13 Å². The van der Waals surface area contributed by atoms with Crippen molar-refractivity contribution in [3.05, 3.63) is 71.3 Å². The Morgan fingerprint density at radius 2 is 2.04 bits per heavy atom. The Balaban J connectivity index is 1.34. The highest BCUT2D eigenvalue weighted by Gasteiger charge is 2.11. The third-order valence-electron chi connectivity index (χ3n) is 3.75. The Kier molecular flexibility index (Phi) is 4.57. The molecule has 0 aliphatic heterocycles. The van der Waals surface area contributed by atoms with Crippen LogP contribution in [-0.2, 0) is 13.1 Å². The summed E-state index contributed by atoms with van der Waals surface area (Å²) in [5.41, 5.74) is 2.89. The molecule has 3 aromatic heterocycles. The van der Waals surface area contributed by atoms with Crippen LogP contribution in [0.3, 0.4) is 0 Å². The highest BCUT2D eigenvalue weighted by molar-refractivity contribution is 7.17. The van der Waals surface area contributed by atoms with E-state index in [-0.39, 0.29) is 5.91 Å². The number of benzene rings is 1. The first-order valence-corrected chi connectivity index (χ1v) is 8.90. The molecule has 3 heterocycles. The highest BCUT2D eigenvalue weighted by atomic mass is 32.1. The second-order valence-electron chi connectivity index (χ2n) is 5.63. The van der Waals surface area contributed by atoms with Crippen LogP contribution in [0.2, 0.25) is 0 Å². The van der Waals surface area contributed by atoms with Crippen molar-refractivity contribution in [2.45, 2.75) is 13.1 Å². The Morgan fingerprint density at radius 3 is 2.88 bits per heavy atom. The van der Waals surface area contributed by atoms with Gasteiger partial charge in [-0.3, -0.25) is 9.78 Å². The molecule has 0 aliphatic carbocycles. The zero-order valence-electron chi connectivity index (χ0n) is 13.8. The van der Waals surface area contributed by atoms with Crippen molar-refractivity contribution in [2.24, 2.45) is 0 Å². The fraction of sp³-hybridized carbons (Fsp3) is 0.111. The Hall–Kier alpha value is -3.26. The molecule has 0 saturated heterocycles. The summed E-state index contributed by atoms with van der Waals surface area (Å²) in [7, 11) is 0. The largest absolute Gasteiger partial charge is 0.357 e. The van der Waals surface area contributed by atoms with Gasteiger partial charge in [-0.2, -0.15) is 0 Å². The lowest BCUT2D eigenvalue weighted by molar-refractivity contribution is 0.0954. The van der Waals surface area contributed by atoms with E-state index in [0.29, 0.717) is 23.1 Å². The minimum absolute atomic E-state index is 0.169. The van der Waals surface area contributed by atoms with Gasteiger partial charge in [-0.1, -0.05) is 29.5 Å². The number of aromatic nitrogens is 4. The molecule has 1 amide bonds. The van der Waals surface area contributed by atoms with Crippen LogP contribution >= 0.6 is 11.3 Å². The van der Waals surface area contributed by atoms with E-state index < -0.39 is 0 Å². The SMILES string of the molecule is O=C(NCc1nc2ccccc2[nH]1)c1cnc(NCc2cccnc2)s1. The van der Waals surface area contributed by atoms with Crippen molar-refractivity contribution >= 4 is 33.4 Å². The van der Waals surface area contributed by atoms with Crippen LogP contribution in [0.1, 0.15) is 21.1 Å². The van der Waals surface area contributed by atoms with Crippen LogP contribution in [0.5, 0.6) is 0 Å². The first kappa shape index (κ1) is 16.2. The van der Waals surface area contributed by atoms with Crippen LogP contribution in [0, 0.1) is 0 Å². The van der Waals surface area contributed by atoms with Crippen molar-refractivity contribution < 1.29 is 4.79 Å². The van der Waals surface area contributed by atoms with Gasteiger partial charge in [0.05, 0.1) is 23.8 Å². The second-order valence-corrected chi connectivity index (χ2v) is 6.66. The van der Waals surface area contributed by atoms with Gasteiger partial charge in [0.25, 0.3) is 5.91 Å². The molecule has 4 aromatic rings. The highest BCUT2D eigenvalue weighted by Crippen LogP contribution is 2.19. The lowest BCUT2D eigenvalue weighted by Gasteiger charge is -2.01. The van der Waals surface area contributed by atoms with Gasteiger partial charge in [-0.05, 0) is 23.8 Å². The molecule has 0 unspecified atom stereocenters. The summed E-state index contributed by atoms with van der Waals surface area (Å²) in [5.74, 6) is 0.552. The summed E-state index contributed by atoms with van der Waals surface area (Å²) < 4.78 is 0. The number of nitrogens with zero attached hydrogens (tertiary/aromatic N) is 3. The van der Waals surface area contributed by atoms with Gasteiger partial charge in [-0.15, -0.1) is 0 Å². The summed E-state index contributed by atoms with van der Waals surface area (Å²) in [5, 5.41) is 6.76. The monoisotopic (exact) mass is 364 g/mol. The predicted molar refractivity (Wildman–Crippen MR) is 101 cm³/mol. The number of carbonyl (C=O) groups excluding carboxylic acids is 1. The maximum atomic E-state index is 12.3. The van der Waals surface area contributed by atoms with Crippen LogP contribution < -0.4 is 10.6 Å². The number of rotatable bonds is 6. The number of pyridine rings is 1. The smallest absolute Gasteiger partial charge is 0.263 e. The number of thiazole rings is 1. The minimum atomic E-state index is -0.169. The van der Waals surface area contributed by atoms with Gasteiger partial charge in [0.1, 0.15) is 10.7 Å². The first-order chi connectivity index (χ1) is 12.8. The number of hydrogen-bond donors (Lipinski definition) is 3. The van der Waals surface area contributed by atoms with E-state index >= 15 is 0 Å². The molecule has 3 N–H and O–H groups in total. The molecule has 0 spiro atoms. The average molecular weight is 364 g/mol. The molecule has 0 bridgehead atoms. The second kappa shape index (κ2) is 7.32. The molecule has 0 saturated carbocycles. The molecule has 7 nitrogen and oxygen atoms in total. The van der Waals surface area contributed by atoms with Crippen molar-refractivity contribution in [3.8, 4) is 0 Å². The van der Waals surface area contributed by atoms with Gasteiger partial charge >= 0.3 is 0 Å². The van der Waals surface area contributed by atoms with Gasteiger partial charge in [0, 0.05) is 18.9 Å². The minimum Gasteiger partial charge on any atom is -0.357 e. The van der Waals surface area contributed by atoms with E-state index in [1.807, 2.05) is 36.4 Å². The van der Waals surface area contributed by atoms with Crippen LogP contribution in [-0.4, -0.2) is 25.8 Å². The Labute approximate surface area is 153 Å². The van der Waals surface area contributed by atoms with Crippen molar-refractivity contribution in [2.75, 3.05) is 5.32 Å². The number of nitrogens with one attached hydrogen (secondary N) is 3. The molecule has 0 atom stereocenters. The Bertz CT molecular complexity index is 993. The van der Waals surface area contributed by atoms with Crippen molar-refractivity contribution in [1.29, 1.82) is 0 Å². The maximum Gasteiger partial charge on any atom is 0.263 e. The van der Waals surface area contributed by atoms with E-state index in [1.165, 1.54) is 11.3 Å². The Morgan fingerprint density at radius 1 is 1.12 bits per heavy atom. The van der Waals surface area contributed by atoms with Crippen LogP contribution in [0.4, 0.5) is 5.13 Å². The zero-order chi connectivity index (χ0) is 17.8. The molecule has 8 heteroatoms. The average Bonchev–Trinajstić information content (AvgIpc) is 3.32. The van der Waals surface area contributed by atoms with Gasteiger partial charge < -0.3 is 15.6 Å². The van der Waals surface area contributed by atoms with Crippen molar-refractivity contribution in [3.63, 3.8) is 0 Å². The lowest BCUT2D eigenvalue weighted by atomic mass is 10.3. The summed E-state index contributed by atoms with van der Waals surface area (Å²) in [6.45, 7) is 0.950. The number of para-hydroxylation sites is 2. The number of carbonyl (C=O) groups is 1. The third kappa shape index (κ3) is 3.70. The summed E-state index contributed by atoms with van der Waals surface area (Å²) in [4.78, 5) is 28.8. The number of imidazole rings is 1. The van der Waals surface area contributed by atoms with E-state index in [2.05, 4.69) is 30.6 Å². The number of amides is 1. The number of H-pyrrole nitrogens is 1. The molecule has 4 rings (SSSR count). The standard InChI is InChI=1S/C18H16N6OS/c25-17(20-11-16-23-13-5-1-2-6-14(13)24-16)15-10-22-18(26-15)21-9-12-4-3-7-19-8-12/h1-8,10H,9,11H2,(H,20,25)(H,21,22)(H,23,24). The number of hydrogen-bond acceptors (Lipinski definition) is 6. The van der Waals surface area contributed by atoms with E-state index in [9.17, 15) is 4.79 Å². The number of fused-ring (bicyclic) bond motifs is 1. The predicted octanol–water partition coefficient (Wildman–Crippen LogP) is 2.96. The fourth-order valence-electron chi connectivity index (χ4n) is 2.48. The number of aromatic amines is 1. The van der Waals surface area contributed by atoms with Gasteiger partial charge in [-0.25, -0.2) is 9.97 Å². The lowest BCUT2D eigenvalue weighted by Crippen LogP contribution is -2.22. The molecule has 26 heavy (non-hydrogen) atoms. The fourth-order valence-corrected chi connectivity index (χ4v) is 3.21. The summed E-state index contributed by atoms with van der Waals surface area (Å²) in [6.07, 6.45) is 5.10. The first-order valence-electron chi connectivity index (χ1n) is 8.08. The third-order valence-corrected chi connectivity index (χ3v) is 4.70.